The number of amides is 1. The predicted octanol–water partition coefficient (Wildman–Crippen LogP) is 2.18. The van der Waals surface area contributed by atoms with E-state index in [0.717, 1.165) is 31.5 Å². The molecule has 3 N–H and O–H groups in total. The number of aliphatic hydroxyl groups excluding tert-OH is 1. The number of carbonyl (C=O) groups excluding carboxylic acids is 1. The molecule has 20 heavy (non-hydrogen) atoms. The zero-order valence-electron chi connectivity index (χ0n) is 12.3. The van der Waals surface area contributed by atoms with Gasteiger partial charge in [-0.1, -0.05) is 26.7 Å². The quantitative estimate of drug-likeness (QED) is 0.746. The molecule has 1 aromatic rings. The summed E-state index contributed by atoms with van der Waals surface area (Å²) < 4.78 is 0. The van der Waals surface area contributed by atoms with Crippen LogP contribution < -0.4 is 10.6 Å². The van der Waals surface area contributed by atoms with Crippen LogP contribution in [0.1, 0.15) is 42.6 Å². The maximum absolute atomic E-state index is 12.1. The Bertz CT molecular complexity index is 470. The Balaban J connectivity index is 1.92. The van der Waals surface area contributed by atoms with Gasteiger partial charge in [-0.3, -0.25) is 4.79 Å². The molecule has 1 amide bonds. The summed E-state index contributed by atoms with van der Waals surface area (Å²) in [4.78, 5) is 12.1. The van der Waals surface area contributed by atoms with E-state index in [1.807, 2.05) is 18.2 Å². The van der Waals surface area contributed by atoms with Gasteiger partial charge < -0.3 is 15.7 Å². The molecule has 1 heterocycles. The van der Waals surface area contributed by atoms with Crippen molar-refractivity contribution in [2.24, 2.45) is 5.92 Å². The standard InChI is InChI=1S/C16H24N2O2/c1-3-11(4-2)15(19)10-18-16(20)13-5-6-14-12(9-13)7-8-17-14/h5-6,9,11,15,17,19H,3-4,7-8,10H2,1-2H3,(H,18,20). The lowest BCUT2D eigenvalue weighted by Gasteiger charge is -2.20. The topological polar surface area (TPSA) is 61.4 Å². The lowest BCUT2D eigenvalue weighted by atomic mass is 9.96. The Kier molecular flexibility index (Phi) is 5.01. The van der Waals surface area contributed by atoms with E-state index < -0.39 is 6.10 Å². The molecule has 1 atom stereocenters. The van der Waals surface area contributed by atoms with Crippen LogP contribution in [0.3, 0.4) is 0 Å². The van der Waals surface area contributed by atoms with E-state index in [0.29, 0.717) is 12.1 Å². The average molecular weight is 276 g/mol. The molecule has 0 aromatic heterocycles. The van der Waals surface area contributed by atoms with Crippen molar-refractivity contribution < 1.29 is 9.90 Å². The van der Waals surface area contributed by atoms with E-state index in [-0.39, 0.29) is 11.8 Å². The van der Waals surface area contributed by atoms with Crippen molar-refractivity contribution in [3.8, 4) is 0 Å². The maximum Gasteiger partial charge on any atom is 0.251 e. The summed E-state index contributed by atoms with van der Waals surface area (Å²) in [6.45, 7) is 5.38. The number of hydrogen-bond donors (Lipinski definition) is 3. The summed E-state index contributed by atoms with van der Waals surface area (Å²) in [6.07, 6.45) is 2.35. The van der Waals surface area contributed by atoms with E-state index in [1.54, 1.807) is 0 Å². The zero-order chi connectivity index (χ0) is 14.5. The number of benzene rings is 1. The molecule has 110 valence electrons. The van der Waals surface area contributed by atoms with Gasteiger partial charge in [0.1, 0.15) is 0 Å². The van der Waals surface area contributed by atoms with Gasteiger partial charge in [0.05, 0.1) is 6.10 Å². The van der Waals surface area contributed by atoms with Crippen LogP contribution in [0.25, 0.3) is 0 Å². The average Bonchev–Trinajstić information content (AvgIpc) is 2.93. The predicted molar refractivity (Wildman–Crippen MR) is 81.0 cm³/mol. The summed E-state index contributed by atoms with van der Waals surface area (Å²) in [7, 11) is 0. The highest BCUT2D eigenvalue weighted by atomic mass is 16.3. The Morgan fingerprint density at radius 2 is 2.15 bits per heavy atom. The summed E-state index contributed by atoms with van der Waals surface area (Å²) in [6, 6.07) is 5.72. The molecule has 4 heteroatoms. The molecule has 0 saturated heterocycles. The summed E-state index contributed by atoms with van der Waals surface area (Å²) in [5.74, 6) is 0.143. The first-order chi connectivity index (χ1) is 9.65. The van der Waals surface area contributed by atoms with Crippen molar-refractivity contribution in [2.75, 3.05) is 18.4 Å². The van der Waals surface area contributed by atoms with E-state index in [9.17, 15) is 9.90 Å². The van der Waals surface area contributed by atoms with Crippen LogP contribution in [0.4, 0.5) is 5.69 Å². The lowest BCUT2D eigenvalue weighted by molar-refractivity contribution is 0.0816. The van der Waals surface area contributed by atoms with E-state index in [1.165, 1.54) is 5.56 Å². The van der Waals surface area contributed by atoms with Gasteiger partial charge in [-0.2, -0.15) is 0 Å². The number of fused-ring (bicyclic) bond motifs is 1. The molecule has 0 radical (unpaired) electrons. The van der Waals surface area contributed by atoms with Crippen LogP contribution in [0.5, 0.6) is 0 Å². The molecule has 0 aliphatic carbocycles. The Hall–Kier alpha value is -1.55. The van der Waals surface area contributed by atoms with Gasteiger partial charge in [-0.05, 0) is 36.1 Å². The zero-order valence-corrected chi connectivity index (χ0v) is 12.3. The van der Waals surface area contributed by atoms with Crippen LogP contribution in [-0.4, -0.2) is 30.2 Å². The molecular weight excluding hydrogens is 252 g/mol. The van der Waals surface area contributed by atoms with Gasteiger partial charge in [0.15, 0.2) is 0 Å². The molecule has 2 rings (SSSR count). The third-order valence-electron chi connectivity index (χ3n) is 4.14. The second kappa shape index (κ2) is 6.75. The molecule has 4 nitrogen and oxygen atoms in total. The molecular formula is C16H24N2O2. The Labute approximate surface area is 120 Å². The fourth-order valence-electron chi connectivity index (χ4n) is 2.74. The Morgan fingerprint density at radius 1 is 1.40 bits per heavy atom. The number of aliphatic hydroxyl groups is 1. The van der Waals surface area contributed by atoms with E-state index >= 15 is 0 Å². The van der Waals surface area contributed by atoms with Crippen LogP contribution in [0, 0.1) is 5.92 Å². The highest BCUT2D eigenvalue weighted by Gasteiger charge is 2.17. The summed E-state index contributed by atoms with van der Waals surface area (Å²) >= 11 is 0. The molecule has 0 saturated carbocycles. The monoisotopic (exact) mass is 276 g/mol. The van der Waals surface area contributed by atoms with Crippen LogP contribution >= 0.6 is 0 Å². The van der Waals surface area contributed by atoms with Crippen molar-refractivity contribution in [1.82, 2.24) is 5.32 Å². The molecule has 1 unspecified atom stereocenters. The number of carbonyl (C=O) groups is 1. The van der Waals surface area contributed by atoms with Crippen LogP contribution in [0.15, 0.2) is 18.2 Å². The second-order valence-corrected chi connectivity index (χ2v) is 5.40. The normalized spacial score (nSPS) is 14.8. The highest BCUT2D eigenvalue weighted by Crippen LogP contribution is 2.23. The molecule has 0 fully saturated rings. The number of hydrogen-bond acceptors (Lipinski definition) is 3. The maximum atomic E-state index is 12.1. The second-order valence-electron chi connectivity index (χ2n) is 5.40. The first-order valence-electron chi connectivity index (χ1n) is 7.48. The minimum atomic E-state index is -0.468. The minimum Gasteiger partial charge on any atom is -0.391 e. The Morgan fingerprint density at radius 3 is 2.85 bits per heavy atom. The molecule has 1 aliphatic rings. The largest absolute Gasteiger partial charge is 0.391 e. The third-order valence-corrected chi connectivity index (χ3v) is 4.14. The van der Waals surface area contributed by atoms with Crippen LogP contribution in [0.2, 0.25) is 0 Å². The van der Waals surface area contributed by atoms with E-state index in [2.05, 4.69) is 24.5 Å². The highest BCUT2D eigenvalue weighted by molar-refractivity contribution is 5.95. The fourth-order valence-corrected chi connectivity index (χ4v) is 2.74. The summed E-state index contributed by atoms with van der Waals surface area (Å²) in [5, 5.41) is 16.1. The molecule has 1 aromatic carbocycles. The van der Waals surface area contributed by atoms with Gasteiger partial charge in [-0.15, -0.1) is 0 Å². The first kappa shape index (κ1) is 14.9. The number of anilines is 1. The summed E-state index contributed by atoms with van der Waals surface area (Å²) in [5.41, 5.74) is 2.99. The number of rotatable bonds is 6. The SMILES string of the molecule is CCC(CC)C(O)CNC(=O)c1ccc2c(c1)CCN2. The third kappa shape index (κ3) is 3.31. The molecule has 1 aliphatic heterocycles. The van der Waals surface area contributed by atoms with Crippen molar-refractivity contribution in [2.45, 2.75) is 39.2 Å². The van der Waals surface area contributed by atoms with Gasteiger partial charge >= 0.3 is 0 Å². The number of nitrogens with one attached hydrogen (secondary N) is 2. The van der Waals surface area contributed by atoms with Crippen molar-refractivity contribution in [3.05, 3.63) is 29.3 Å². The molecule has 0 spiro atoms. The fraction of sp³-hybridized carbons (Fsp3) is 0.562. The first-order valence-corrected chi connectivity index (χ1v) is 7.48. The minimum absolute atomic E-state index is 0.107. The van der Waals surface area contributed by atoms with Gasteiger partial charge in [-0.25, -0.2) is 0 Å². The molecule has 0 bridgehead atoms. The van der Waals surface area contributed by atoms with Gasteiger partial charge in [0.25, 0.3) is 5.91 Å². The van der Waals surface area contributed by atoms with Crippen LogP contribution in [-0.2, 0) is 6.42 Å². The smallest absolute Gasteiger partial charge is 0.251 e. The van der Waals surface area contributed by atoms with Gasteiger partial charge in [0, 0.05) is 24.3 Å². The van der Waals surface area contributed by atoms with Crippen molar-refractivity contribution >= 4 is 11.6 Å². The van der Waals surface area contributed by atoms with E-state index in [4.69, 9.17) is 0 Å². The van der Waals surface area contributed by atoms with Gasteiger partial charge in [0.2, 0.25) is 0 Å². The van der Waals surface area contributed by atoms with Crippen molar-refractivity contribution in [3.63, 3.8) is 0 Å². The lowest BCUT2D eigenvalue weighted by Crippen LogP contribution is -2.36. The van der Waals surface area contributed by atoms with Crippen molar-refractivity contribution in [1.29, 1.82) is 0 Å².